The van der Waals surface area contributed by atoms with Gasteiger partial charge in [0.25, 0.3) is 0 Å². The van der Waals surface area contributed by atoms with Crippen LogP contribution >= 0.6 is 12.2 Å². The summed E-state index contributed by atoms with van der Waals surface area (Å²) in [6.07, 6.45) is 1.81. The van der Waals surface area contributed by atoms with Gasteiger partial charge in [0.1, 0.15) is 17.3 Å². The molecule has 0 bridgehead atoms. The lowest BCUT2D eigenvalue weighted by molar-refractivity contribution is 0.281. The zero-order valence-corrected chi connectivity index (χ0v) is 17.8. The summed E-state index contributed by atoms with van der Waals surface area (Å²) in [5.41, 5.74) is 3.69. The molecule has 0 fully saturated rings. The first kappa shape index (κ1) is 18.4. The maximum absolute atomic E-state index is 6.52. The second-order valence-electron chi connectivity index (χ2n) is 8.79. The van der Waals surface area contributed by atoms with Gasteiger partial charge < -0.3 is 9.47 Å². The van der Waals surface area contributed by atoms with E-state index in [2.05, 4.69) is 68.4 Å². The molecular weight excluding hydrogens is 376 g/mol. The molecule has 1 aliphatic heterocycles. The van der Waals surface area contributed by atoms with Crippen LogP contribution in [-0.2, 0) is 0 Å². The fraction of sp³-hybridized carbons (Fsp3) is 0.269. The van der Waals surface area contributed by atoms with Gasteiger partial charge in [-0.3, -0.25) is 0 Å². The maximum atomic E-state index is 6.52. The molecule has 1 unspecified atom stereocenters. The highest BCUT2D eigenvalue weighted by Crippen LogP contribution is 2.52. The van der Waals surface area contributed by atoms with Crippen molar-refractivity contribution in [2.24, 2.45) is 5.41 Å². The van der Waals surface area contributed by atoms with Gasteiger partial charge >= 0.3 is 0 Å². The molecule has 1 atom stereocenters. The van der Waals surface area contributed by atoms with E-state index in [9.17, 15) is 0 Å². The number of hydrogen-bond donors (Lipinski definition) is 0. The Kier molecular flexibility index (Phi) is 4.25. The lowest BCUT2D eigenvalue weighted by Gasteiger charge is -2.40. The number of allylic oxidation sites excluding steroid dienone is 2. The summed E-state index contributed by atoms with van der Waals surface area (Å²) in [7, 11) is 1.71. The van der Waals surface area contributed by atoms with Gasteiger partial charge in [0, 0.05) is 28.3 Å². The number of benzene rings is 3. The fourth-order valence-electron chi connectivity index (χ4n) is 4.78. The molecule has 2 aliphatic rings. The van der Waals surface area contributed by atoms with Gasteiger partial charge in [-0.25, -0.2) is 0 Å². The van der Waals surface area contributed by atoms with Gasteiger partial charge in [-0.2, -0.15) is 0 Å². The predicted octanol–water partition coefficient (Wildman–Crippen LogP) is 6.82. The Morgan fingerprint density at radius 3 is 2.66 bits per heavy atom. The van der Waals surface area contributed by atoms with Gasteiger partial charge in [-0.15, -0.1) is 0 Å². The predicted molar refractivity (Wildman–Crippen MR) is 122 cm³/mol. The molecule has 0 saturated carbocycles. The van der Waals surface area contributed by atoms with Crippen molar-refractivity contribution in [1.82, 2.24) is 0 Å². The molecule has 1 aliphatic carbocycles. The lowest BCUT2D eigenvalue weighted by atomic mass is 9.70. The average Bonchev–Trinajstić information content (AvgIpc) is 2.71. The largest absolute Gasteiger partial charge is 0.497 e. The molecule has 3 aromatic carbocycles. The molecule has 0 saturated heterocycles. The van der Waals surface area contributed by atoms with Crippen molar-refractivity contribution < 1.29 is 9.47 Å². The van der Waals surface area contributed by atoms with E-state index in [0.29, 0.717) is 0 Å². The minimum atomic E-state index is 0.0542. The van der Waals surface area contributed by atoms with E-state index in [0.717, 1.165) is 35.0 Å². The average molecular weight is 401 g/mol. The zero-order valence-electron chi connectivity index (χ0n) is 17.0. The topological polar surface area (TPSA) is 18.5 Å². The number of fused-ring (bicyclic) bond motifs is 3. The van der Waals surface area contributed by atoms with E-state index >= 15 is 0 Å². The van der Waals surface area contributed by atoms with Crippen molar-refractivity contribution in [3.63, 3.8) is 0 Å². The Morgan fingerprint density at radius 1 is 1.00 bits per heavy atom. The van der Waals surface area contributed by atoms with Crippen LogP contribution in [-0.4, -0.2) is 12.0 Å². The molecule has 2 nitrogen and oxygen atoms in total. The number of thiocarbonyl (C=S) groups is 1. The van der Waals surface area contributed by atoms with Gasteiger partial charge in [-0.1, -0.05) is 68.5 Å². The summed E-state index contributed by atoms with van der Waals surface area (Å²) in [5, 5.41) is 2.44. The molecule has 0 amide bonds. The number of methoxy groups -OCH3 is 1. The SMILES string of the molecule is COc1cccc(C2C3=C(CC(C)(C)CC3=S)Oc3ccc4ccccc4c32)c1. The van der Waals surface area contributed by atoms with E-state index in [1.807, 2.05) is 6.07 Å². The van der Waals surface area contributed by atoms with Crippen LogP contribution in [0.2, 0.25) is 0 Å². The van der Waals surface area contributed by atoms with Gasteiger partial charge in [0.15, 0.2) is 0 Å². The highest BCUT2D eigenvalue weighted by molar-refractivity contribution is 7.80. The molecule has 3 heteroatoms. The van der Waals surface area contributed by atoms with Crippen molar-refractivity contribution in [2.75, 3.05) is 7.11 Å². The van der Waals surface area contributed by atoms with Crippen LogP contribution in [0.1, 0.15) is 43.7 Å². The van der Waals surface area contributed by atoms with E-state index in [1.165, 1.54) is 27.5 Å². The van der Waals surface area contributed by atoms with Crippen LogP contribution in [0.3, 0.4) is 0 Å². The summed E-state index contributed by atoms with van der Waals surface area (Å²) in [4.78, 5) is 1.02. The Bertz CT molecular complexity index is 1170. The molecule has 0 radical (unpaired) electrons. The van der Waals surface area contributed by atoms with Gasteiger partial charge in [0.2, 0.25) is 0 Å². The van der Waals surface area contributed by atoms with Crippen LogP contribution in [0.5, 0.6) is 11.5 Å². The normalized spacial score (nSPS) is 20.1. The lowest BCUT2D eigenvalue weighted by Crippen LogP contribution is -2.32. The van der Waals surface area contributed by atoms with Crippen LogP contribution < -0.4 is 9.47 Å². The minimum absolute atomic E-state index is 0.0542. The monoisotopic (exact) mass is 400 g/mol. The highest BCUT2D eigenvalue weighted by atomic mass is 32.1. The second-order valence-corrected chi connectivity index (χ2v) is 9.28. The second kappa shape index (κ2) is 6.70. The first-order valence-electron chi connectivity index (χ1n) is 10.1. The van der Waals surface area contributed by atoms with E-state index in [4.69, 9.17) is 21.7 Å². The molecule has 146 valence electrons. The standard InChI is InChI=1S/C26H24O2S/c1-26(2)14-21-25(22(29)15-26)23(17-8-6-9-18(13-17)27-3)24-19-10-5-4-7-16(19)11-12-20(24)28-21/h4-13,23H,14-15H2,1-3H3. The summed E-state index contributed by atoms with van der Waals surface area (Å²) >= 11 is 5.97. The van der Waals surface area contributed by atoms with E-state index in [-0.39, 0.29) is 11.3 Å². The summed E-state index contributed by atoms with van der Waals surface area (Å²) in [6.45, 7) is 4.53. The summed E-state index contributed by atoms with van der Waals surface area (Å²) < 4.78 is 12.1. The van der Waals surface area contributed by atoms with Crippen molar-refractivity contribution >= 4 is 27.9 Å². The van der Waals surface area contributed by atoms with Gasteiger partial charge in [-0.05, 0) is 46.4 Å². The van der Waals surface area contributed by atoms with Crippen LogP contribution in [0, 0.1) is 5.41 Å². The Hall–Kier alpha value is -2.65. The summed E-state index contributed by atoms with van der Waals surface area (Å²) in [5.74, 6) is 2.89. The third kappa shape index (κ3) is 3.05. The minimum Gasteiger partial charge on any atom is -0.497 e. The van der Waals surface area contributed by atoms with Crippen molar-refractivity contribution in [2.45, 2.75) is 32.6 Å². The Labute approximate surface area is 177 Å². The quantitative estimate of drug-likeness (QED) is 0.440. The maximum Gasteiger partial charge on any atom is 0.131 e. The molecule has 29 heavy (non-hydrogen) atoms. The molecule has 0 N–H and O–H groups in total. The first-order valence-corrected chi connectivity index (χ1v) is 10.5. The highest BCUT2D eigenvalue weighted by Gasteiger charge is 2.40. The van der Waals surface area contributed by atoms with Crippen molar-refractivity contribution in [3.05, 3.63) is 83.1 Å². The number of ether oxygens (including phenoxy) is 2. The van der Waals surface area contributed by atoms with Crippen LogP contribution in [0.25, 0.3) is 10.8 Å². The van der Waals surface area contributed by atoms with Gasteiger partial charge in [0.05, 0.1) is 7.11 Å². The number of rotatable bonds is 2. The third-order valence-electron chi connectivity index (χ3n) is 6.05. The Balaban J connectivity index is 1.81. The summed E-state index contributed by atoms with van der Waals surface area (Å²) in [6, 6.07) is 21.1. The molecule has 0 spiro atoms. The molecule has 5 rings (SSSR count). The van der Waals surface area contributed by atoms with Crippen LogP contribution in [0.4, 0.5) is 0 Å². The third-order valence-corrected chi connectivity index (χ3v) is 6.41. The molecule has 0 aromatic heterocycles. The zero-order chi connectivity index (χ0) is 20.2. The van der Waals surface area contributed by atoms with Crippen LogP contribution in [0.15, 0.2) is 72.0 Å². The molecule has 3 aromatic rings. The molecular formula is C26H24O2S. The van der Waals surface area contributed by atoms with E-state index < -0.39 is 0 Å². The van der Waals surface area contributed by atoms with Crippen molar-refractivity contribution in [3.8, 4) is 11.5 Å². The van der Waals surface area contributed by atoms with Crippen molar-refractivity contribution in [1.29, 1.82) is 0 Å². The fourth-order valence-corrected chi connectivity index (χ4v) is 5.41. The molecule has 1 heterocycles. The van der Waals surface area contributed by atoms with E-state index in [1.54, 1.807) is 7.11 Å². The number of hydrogen-bond acceptors (Lipinski definition) is 3. The Morgan fingerprint density at radius 2 is 1.83 bits per heavy atom. The smallest absolute Gasteiger partial charge is 0.131 e. The first-order chi connectivity index (χ1) is 14.0.